The summed E-state index contributed by atoms with van der Waals surface area (Å²) in [5.41, 5.74) is -2.33. The number of anilines is 1. The van der Waals surface area contributed by atoms with Crippen molar-refractivity contribution in [1.82, 2.24) is 9.55 Å². The summed E-state index contributed by atoms with van der Waals surface area (Å²) in [6.45, 7) is 0. The van der Waals surface area contributed by atoms with Crippen LogP contribution in [0.25, 0.3) is 11.0 Å². The largest absolute Gasteiger partial charge is 0.288 e. The fourth-order valence-corrected chi connectivity index (χ4v) is 6.03. The predicted octanol–water partition coefficient (Wildman–Crippen LogP) is 7.24. The molecule has 208 valence electrons. The van der Waals surface area contributed by atoms with Crippen molar-refractivity contribution in [3.8, 4) is 0 Å². The van der Waals surface area contributed by atoms with E-state index in [1.165, 1.54) is 30.5 Å². The number of pyridine rings is 1. The van der Waals surface area contributed by atoms with Crippen LogP contribution in [0.5, 0.6) is 0 Å². The third kappa shape index (κ3) is 5.35. The van der Waals surface area contributed by atoms with Gasteiger partial charge in [-0.2, -0.15) is 0 Å². The molecule has 5 aromatic rings. The molecule has 14 heteroatoms. The lowest BCUT2D eigenvalue weighted by atomic mass is 10.0. The number of nitrogens with one attached hydrogen (secondary N) is 1. The minimum Gasteiger partial charge on any atom is -0.288 e. The fourth-order valence-electron chi connectivity index (χ4n) is 4.05. The van der Waals surface area contributed by atoms with Crippen molar-refractivity contribution < 1.29 is 31.2 Å². The van der Waals surface area contributed by atoms with Gasteiger partial charge in [-0.15, -0.1) is 0 Å². The Morgan fingerprint density at radius 2 is 1.61 bits per heavy atom. The van der Waals surface area contributed by atoms with Crippen molar-refractivity contribution in [3.63, 3.8) is 0 Å². The first-order chi connectivity index (χ1) is 19.4. The Morgan fingerprint density at radius 1 is 0.927 bits per heavy atom. The average Bonchev–Trinajstić information content (AvgIpc) is 3.29. The van der Waals surface area contributed by atoms with Gasteiger partial charge in [0.25, 0.3) is 15.9 Å². The Kier molecular flexibility index (Phi) is 7.68. The molecular formula is C27H13BrCl2F3N3O4S. The van der Waals surface area contributed by atoms with Crippen molar-refractivity contribution in [2.45, 2.75) is 4.90 Å². The quantitative estimate of drug-likeness (QED) is 0.190. The van der Waals surface area contributed by atoms with Gasteiger partial charge in [0.2, 0.25) is 5.78 Å². The first-order valence-electron chi connectivity index (χ1n) is 11.4. The molecule has 0 radical (unpaired) electrons. The normalized spacial score (nSPS) is 11.6. The summed E-state index contributed by atoms with van der Waals surface area (Å²) >= 11 is 15.6. The lowest BCUT2D eigenvalue weighted by molar-refractivity contribution is 0.0964. The zero-order valence-electron chi connectivity index (χ0n) is 20.1. The maximum atomic E-state index is 15.6. The number of nitrogens with zero attached hydrogens (tertiary/aromatic N) is 2. The van der Waals surface area contributed by atoms with Crippen molar-refractivity contribution >= 4 is 77.6 Å². The summed E-state index contributed by atoms with van der Waals surface area (Å²) < 4.78 is 72.9. The number of benzene rings is 3. The van der Waals surface area contributed by atoms with E-state index in [1.54, 1.807) is 0 Å². The van der Waals surface area contributed by atoms with E-state index in [9.17, 15) is 26.8 Å². The molecular weight excluding hydrogens is 670 g/mol. The highest BCUT2D eigenvalue weighted by atomic mass is 79.9. The van der Waals surface area contributed by atoms with Gasteiger partial charge in [-0.25, -0.2) is 26.6 Å². The van der Waals surface area contributed by atoms with Gasteiger partial charge in [-0.1, -0.05) is 35.3 Å². The second-order valence-electron chi connectivity index (χ2n) is 8.52. The second kappa shape index (κ2) is 10.9. The van der Waals surface area contributed by atoms with Gasteiger partial charge in [0, 0.05) is 22.3 Å². The highest BCUT2D eigenvalue weighted by Gasteiger charge is 2.29. The zero-order valence-corrected chi connectivity index (χ0v) is 24.0. The zero-order chi connectivity index (χ0) is 29.6. The van der Waals surface area contributed by atoms with Crippen LogP contribution in [0, 0.1) is 17.5 Å². The van der Waals surface area contributed by atoms with Crippen LogP contribution in [0.2, 0.25) is 10.0 Å². The van der Waals surface area contributed by atoms with E-state index in [0.29, 0.717) is 16.6 Å². The molecule has 0 unspecified atom stereocenters. The summed E-state index contributed by atoms with van der Waals surface area (Å²) in [4.78, 5) is 30.7. The molecule has 41 heavy (non-hydrogen) atoms. The summed E-state index contributed by atoms with van der Waals surface area (Å²) in [5, 5.41) is 0.0832. The van der Waals surface area contributed by atoms with Crippen LogP contribution in [0.3, 0.4) is 0 Å². The molecule has 3 aromatic carbocycles. The van der Waals surface area contributed by atoms with Crippen LogP contribution in [0.1, 0.15) is 26.3 Å². The van der Waals surface area contributed by atoms with Crippen LogP contribution in [0.15, 0.2) is 82.4 Å². The Labute approximate surface area is 248 Å². The molecule has 0 aliphatic heterocycles. The van der Waals surface area contributed by atoms with Crippen LogP contribution in [-0.2, 0) is 10.0 Å². The van der Waals surface area contributed by atoms with Crippen molar-refractivity contribution in [2.75, 3.05) is 4.72 Å². The molecule has 0 bridgehead atoms. The minimum atomic E-state index is -4.52. The Bertz CT molecular complexity index is 2000. The molecule has 0 aliphatic carbocycles. The number of sulfonamides is 1. The standard InChI is InChI=1S/C27H13BrCl2F3N3O4S/c28-13-9-16-17(12-36(26(16)34-11-13)27(38)22-18(29)5-2-6-19(22)30)25(37)23-20(32)7-8-21(24(23)33)35-41(39,40)15-4-1-3-14(31)10-15/h1-12,35H. The number of rotatable bonds is 6. The molecule has 7 nitrogen and oxygen atoms in total. The number of fused-ring (bicyclic) bond motifs is 1. The van der Waals surface area contributed by atoms with Crippen LogP contribution < -0.4 is 4.72 Å². The third-order valence-corrected chi connectivity index (χ3v) is 8.35. The fraction of sp³-hybridized carbons (Fsp3) is 0. The molecule has 0 fully saturated rings. The molecule has 0 spiro atoms. The molecule has 0 aliphatic rings. The average molecular weight is 683 g/mol. The van der Waals surface area contributed by atoms with Gasteiger partial charge in [-0.05, 0) is 64.5 Å². The summed E-state index contributed by atoms with van der Waals surface area (Å²) in [5.74, 6) is -5.66. The van der Waals surface area contributed by atoms with Crippen molar-refractivity contribution in [1.29, 1.82) is 0 Å². The highest BCUT2D eigenvalue weighted by molar-refractivity contribution is 9.10. The number of halogens is 6. The lowest BCUT2D eigenvalue weighted by Crippen LogP contribution is -2.17. The van der Waals surface area contributed by atoms with E-state index < -0.39 is 55.3 Å². The Hall–Kier alpha value is -3.71. The van der Waals surface area contributed by atoms with Crippen LogP contribution in [-0.4, -0.2) is 29.7 Å². The molecule has 2 heterocycles. The van der Waals surface area contributed by atoms with Crippen molar-refractivity contribution in [2.24, 2.45) is 0 Å². The SMILES string of the molecule is O=C(c1c(F)ccc(NS(=O)(=O)c2cccc(F)c2)c1F)c1cn(C(=O)c2c(Cl)cccc2Cl)c2ncc(Br)cc12. The first-order valence-corrected chi connectivity index (χ1v) is 14.4. The van der Waals surface area contributed by atoms with E-state index in [0.717, 1.165) is 35.0 Å². The van der Waals surface area contributed by atoms with Gasteiger partial charge >= 0.3 is 0 Å². The van der Waals surface area contributed by atoms with Crippen LogP contribution >= 0.6 is 39.1 Å². The predicted molar refractivity (Wildman–Crippen MR) is 151 cm³/mol. The summed E-state index contributed by atoms with van der Waals surface area (Å²) in [6.07, 6.45) is 2.38. The smallest absolute Gasteiger partial charge is 0.266 e. The Morgan fingerprint density at radius 3 is 2.29 bits per heavy atom. The van der Waals surface area contributed by atoms with E-state index in [4.69, 9.17) is 23.2 Å². The van der Waals surface area contributed by atoms with Gasteiger partial charge in [-0.3, -0.25) is 18.9 Å². The number of ketones is 1. The van der Waals surface area contributed by atoms with Crippen LogP contribution in [0.4, 0.5) is 18.9 Å². The lowest BCUT2D eigenvalue weighted by Gasteiger charge is -2.12. The maximum Gasteiger partial charge on any atom is 0.266 e. The molecule has 0 saturated heterocycles. The number of carbonyl (C=O) groups is 2. The van der Waals surface area contributed by atoms with Gasteiger partial charge in [0.1, 0.15) is 17.3 Å². The summed E-state index contributed by atoms with van der Waals surface area (Å²) in [6, 6.07) is 11.2. The first kappa shape index (κ1) is 28.8. The molecule has 5 rings (SSSR count). The van der Waals surface area contributed by atoms with E-state index in [1.807, 2.05) is 4.72 Å². The van der Waals surface area contributed by atoms with Crippen molar-refractivity contribution in [3.05, 3.63) is 122 Å². The Balaban J connectivity index is 1.63. The maximum absolute atomic E-state index is 15.6. The van der Waals surface area contributed by atoms with E-state index in [-0.39, 0.29) is 32.2 Å². The molecule has 2 aromatic heterocycles. The topological polar surface area (TPSA) is 98.1 Å². The summed E-state index contributed by atoms with van der Waals surface area (Å²) in [7, 11) is -4.52. The third-order valence-electron chi connectivity index (χ3n) is 5.92. The van der Waals surface area contributed by atoms with E-state index >= 15 is 4.39 Å². The van der Waals surface area contributed by atoms with Gasteiger partial charge in [0.05, 0.1) is 37.3 Å². The second-order valence-corrected chi connectivity index (χ2v) is 11.9. The van der Waals surface area contributed by atoms with Gasteiger partial charge in [0.15, 0.2) is 5.82 Å². The highest BCUT2D eigenvalue weighted by Crippen LogP contribution is 2.32. The minimum absolute atomic E-state index is 0.0182. The number of carbonyl (C=O) groups excluding carboxylic acids is 2. The monoisotopic (exact) mass is 681 g/mol. The molecule has 0 atom stereocenters. The number of aromatic nitrogens is 2. The van der Waals surface area contributed by atoms with E-state index in [2.05, 4.69) is 20.9 Å². The molecule has 0 amide bonds. The molecule has 0 saturated carbocycles. The number of hydrogen-bond donors (Lipinski definition) is 1. The number of hydrogen-bond acceptors (Lipinski definition) is 5. The molecule has 1 N–H and O–H groups in total. The van der Waals surface area contributed by atoms with Gasteiger partial charge < -0.3 is 0 Å².